The Morgan fingerprint density at radius 3 is 2.49 bits per heavy atom. The van der Waals surface area contributed by atoms with Crippen molar-refractivity contribution in [1.82, 2.24) is 14.5 Å². The molecule has 1 amide bonds. The summed E-state index contributed by atoms with van der Waals surface area (Å²) in [7, 11) is -3.69. The number of carbonyl (C=O) groups excluding carboxylic acids is 1. The van der Waals surface area contributed by atoms with E-state index in [0.29, 0.717) is 26.1 Å². The summed E-state index contributed by atoms with van der Waals surface area (Å²) >= 11 is 0. The van der Waals surface area contributed by atoms with Crippen LogP contribution in [-0.4, -0.2) is 48.0 Å². The van der Waals surface area contributed by atoms with Crippen molar-refractivity contribution < 1.29 is 17.9 Å². The summed E-state index contributed by atoms with van der Waals surface area (Å²) in [6, 6.07) is 17.4. The van der Waals surface area contributed by atoms with Crippen molar-refractivity contribution in [1.29, 1.82) is 0 Å². The van der Waals surface area contributed by atoms with Gasteiger partial charge < -0.3 is 14.2 Å². The molecule has 2 aromatic carbocycles. The largest absolute Gasteiger partial charge is 0.376 e. The third-order valence-electron chi connectivity index (χ3n) is 7.85. The second kappa shape index (κ2) is 12.5. The number of amides is 1. The molecule has 0 bridgehead atoms. The van der Waals surface area contributed by atoms with Gasteiger partial charge in [-0.25, -0.2) is 13.4 Å². The number of rotatable bonds is 10. The third-order valence-corrected chi connectivity index (χ3v) is 9.42. The number of hydrogen-bond donors (Lipinski definition) is 0. The number of aryl methyl sites for hydroxylation is 1. The van der Waals surface area contributed by atoms with Crippen molar-refractivity contribution in [3.8, 4) is 0 Å². The first-order valence-electron chi connectivity index (χ1n) is 14.2. The third kappa shape index (κ3) is 6.97. The van der Waals surface area contributed by atoms with Crippen molar-refractivity contribution in [3.63, 3.8) is 0 Å². The van der Waals surface area contributed by atoms with E-state index in [0.717, 1.165) is 67.3 Å². The predicted octanol–water partition coefficient (Wildman–Crippen LogP) is 5.42. The van der Waals surface area contributed by atoms with Gasteiger partial charge in [-0.2, -0.15) is 0 Å². The Morgan fingerprint density at radius 1 is 1.00 bits per heavy atom. The summed E-state index contributed by atoms with van der Waals surface area (Å²) in [6.07, 6.45) is 9.00. The van der Waals surface area contributed by atoms with Crippen LogP contribution in [0.1, 0.15) is 73.4 Å². The van der Waals surface area contributed by atoms with E-state index in [1.807, 2.05) is 71.0 Å². The highest BCUT2D eigenvalue weighted by atomic mass is 32.2. The average molecular weight is 550 g/mol. The molecule has 208 valence electrons. The van der Waals surface area contributed by atoms with E-state index in [-0.39, 0.29) is 29.0 Å². The minimum Gasteiger partial charge on any atom is -0.376 e. The summed E-state index contributed by atoms with van der Waals surface area (Å²) in [5, 5.41) is 0.124. The minimum absolute atomic E-state index is 0.000277. The lowest BCUT2D eigenvalue weighted by Gasteiger charge is -2.30. The molecule has 1 aliphatic carbocycles. The van der Waals surface area contributed by atoms with Gasteiger partial charge >= 0.3 is 0 Å². The molecule has 7 nitrogen and oxygen atoms in total. The molecular formula is C31H39N3O4S. The second-order valence-electron chi connectivity index (χ2n) is 11.0. The highest BCUT2D eigenvalue weighted by molar-refractivity contribution is 7.90. The molecule has 0 radical (unpaired) electrons. The van der Waals surface area contributed by atoms with Crippen molar-refractivity contribution in [2.45, 2.75) is 87.9 Å². The molecule has 8 heteroatoms. The van der Waals surface area contributed by atoms with Crippen LogP contribution in [0, 0.1) is 6.92 Å². The summed E-state index contributed by atoms with van der Waals surface area (Å²) in [4.78, 5) is 20.0. The zero-order valence-electron chi connectivity index (χ0n) is 22.8. The Balaban J connectivity index is 1.46. The first kappa shape index (κ1) is 27.6. The Hall–Kier alpha value is -2.97. The summed E-state index contributed by atoms with van der Waals surface area (Å²) < 4.78 is 35.3. The van der Waals surface area contributed by atoms with Crippen LogP contribution >= 0.6 is 0 Å². The van der Waals surface area contributed by atoms with Gasteiger partial charge in [0.2, 0.25) is 20.9 Å². The number of imidazole rings is 1. The van der Waals surface area contributed by atoms with Gasteiger partial charge in [0.05, 0.1) is 36.7 Å². The molecule has 2 heterocycles. The van der Waals surface area contributed by atoms with Gasteiger partial charge in [0.1, 0.15) is 0 Å². The average Bonchev–Trinajstić information content (AvgIpc) is 3.60. The van der Waals surface area contributed by atoms with E-state index >= 15 is 0 Å². The van der Waals surface area contributed by atoms with E-state index in [1.54, 1.807) is 6.20 Å². The molecule has 1 saturated heterocycles. The second-order valence-corrected chi connectivity index (χ2v) is 12.9. The zero-order valence-corrected chi connectivity index (χ0v) is 23.6. The highest BCUT2D eigenvalue weighted by Gasteiger charge is 2.31. The van der Waals surface area contributed by atoms with E-state index in [2.05, 4.69) is 4.98 Å². The summed E-state index contributed by atoms with van der Waals surface area (Å²) in [6.45, 7) is 3.49. The predicted molar refractivity (Wildman–Crippen MR) is 151 cm³/mol. The molecule has 2 aliphatic rings. The molecule has 1 aliphatic heterocycles. The first-order chi connectivity index (χ1) is 18.9. The maximum absolute atomic E-state index is 13.7. The van der Waals surface area contributed by atoms with E-state index < -0.39 is 9.84 Å². The topological polar surface area (TPSA) is 81.5 Å². The molecule has 1 aromatic heterocycles. The number of nitrogens with zero attached hydrogens (tertiary/aromatic N) is 3. The lowest BCUT2D eigenvalue weighted by atomic mass is 9.95. The quantitative estimate of drug-likeness (QED) is 0.337. The number of hydrogen-bond acceptors (Lipinski definition) is 5. The van der Waals surface area contributed by atoms with Crippen LogP contribution < -0.4 is 0 Å². The van der Waals surface area contributed by atoms with Gasteiger partial charge in [-0.05, 0) is 43.7 Å². The molecule has 3 aromatic rings. The molecule has 39 heavy (non-hydrogen) atoms. The van der Waals surface area contributed by atoms with Crippen molar-refractivity contribution in [3.05, 3.63) is 83.2 Å². The zero-order chi connectivity index (χ0) is 27.2. The molecule has 5 rings (SSSR count). The molecule has 1 saturated carbocycles. The van der Waals surface area contributed by atoms with Crippen molar-refractivity contribution in [2.75, 3.05) is 13.2 Å². The van der Waals surface area contributed by atoms with Crippen LogP contribution in [-0.2, 0) is 38.1 Å². The van der Waals surface area contributed by atoms with Crippen LogP contribution in [0.2, 0.25) is 0 Å². The van der Waals surface area contributed by atoms with Gasteiger partial charge in [0.15, 0.2) is 0 Å². The van der Waals surface area contributed by atoms with Crippen LogP contribution in [0.3, 0.4) is 0 Å². The number of benzene rings is 2. The molecule has 1 atom stereocenters. The van der Waals surface area contributed by atoms with E-state index in [1.165, 1.54) is 0 Å². The van der Waals surface area contributed by atoms with E-state index in [4.69, 9.17) is 4.74 Å². The van der Waals surface area contributed by atoms with E-state index in [9.17, 15) is 13.2 Å². The minimum atomic E-state index is -3.69. The van der Waals surface area contributed by atoms with Gasteiger partial charge in [-0.3, -0.25) is 4.79 Å². The fourth-order valence-corrected chi connectivity index (χ4v) is 7.43. The van der Waals surface area contributed by atoms with Crippen molar-refractivity contribution in [2.24, 2.45) is 0 Å². The highest BCUT2D eigenvalue weighted by Crippen LogP contribution is 2.33. The van der Waals surface area contributed by atoms with Crippen LogP contribution in [0.5, 0.6) is 0 Å². The van der Waals surface area contributed by atoms with Crippen molar-refractivity contribution >= 4 is 15.7 Å². The smallest absolute Gasteiger partial charge is 0.228 e. The molecular weight excluding hydrogens is 510 g/mol. The number of ether oxygens (including phenoxy) is 1. The fraction of sp³-hybridized carbons (Fsp3) is 0.484. The summed E-state index contributed by atoms with van der Waals surface area (Å²) in [5.74, 6) is -0.0815. The number of sulfone groups is 1. The van der Waals surface area contributed by atoms with Gasteiger partial charge in [0.25, 0.3) is 0 Å². The Labute approximate surface area is 232 Å². The van der Waals surface area contributed by atoms with Crippen LogP contribution in [0.4, 0.5) is 0 Å². The molecule has 0 spiro atoms. The molecule has 2 fully saturated rings. The number of aromatic nitrogens is 2. The molecule has 1 unspecified atom stereocenters. The Kier molecular flexibility index (Phi) is 8.82. The lowest BCUT2D eigenvalue weighted by Crippen LogP contribution is -2.38. The fourth-order valence-electron chi connectivity index (χ4n) is 5.91. The number of carbonyl (C=O) groups is 1. The normalized spacial score (nSPS) is 18.3. The monoisotopic (exact) mass is 549 g/mol. The molecule has 0 N–H and O–H groups in total. The maximum atomic E-state index is 13.7. The SMILES string of the molecule is Cc1cccc(CS(=O)(=O)c2ncc(CN(CC3CCCO3)C(=O)Cc3ccccc3)n2C2CCCCC2)c1. The van der Waals surface area contributed by atoms with Gasteiger partial charge in [-0.15, -0.1) is 0 Å². The van der Waals surface area contributed by atoms with Gasteiger partial charge in [0, 0.05) is 19.2 Å². The Morgan fingerprint density at radius 2 is 1.77 bits per heavy atom. The standard InChI is InChI=1S/C31H39N3O4S/c1-24-10-8-13-26(18-24)23-39(36,37)31-32-20-28(34(31)27-14-6-3-7-15-27)21-33(22-29-16-9-17-38-29)30(35)19-25-11-4-2-5-12-25/h2,4-5,8,10-13,18,20,27,29H,3,6-7,9,14-17,19,21-23H2,1H3. The van der Waals surface area contributed by atoms with Gasteiger partial charge in [-0.1, -0.05) is 79.4 Å². The summed E-state index contributed by atoms with van der Waals surface area (Å²) in [5.41, 5.74) is 3.53. The Bertz CT molecular complexity index is 1360. The first-order valence-corrected chi connectivity index (χ1v) is 15.8. The van der Waals surface area contributed by atoms with Crippen LogP contribution in [0.15, 0.2) is 66.0 Å². The lowest BCUT2D eigenvalue weighted by molar-refractivity contribution is -0.132. The maximum Gasteiger partial charge on any atom is 0.228 e. The van der Waals surface area contributed by atoms with Crippen LogP contribution in [0.25, 0.3) is 0 Å².